The van der Waals surface area contributed by atoms with E-state index in [9.17, 15) is 4.79 Å². The maximum atomic E-state index is 11.6. The monoisotopic (exact) mass is 267 g/mol. The third kappa shape index (κ3) is 3.78. The maximum Gasteiger partial charge on any atom is 0.251 e. The second-order valence-electron chi connectivity index (χ2n) is 4.68. The number of nitrogens with one attached hydrogen (secondary N) is 1. The number of rotatable bonds is 5. The van der Waals surface area contributed by atoms with E-state index in [1.807, 2.05) is 20.0 Å². The van der Waals surface area contributed by atoms with E-state index in [1.165, 1.54) is 0 Å². The molecule has 19 heavy (non-hydrogen) atoms. The molecular weight excluding hydrogens is 246 g/mol. The van der Waals surface area contributed by atoms with Gasteiger partial charge in [-0.1, -0.05) is 0 Å². The van der Waals surface area contributed by atoms with Gasteiger partial charge in [0, 0.05) is 32.2 Å². The molecule has 1 N–H and O–H groups in total. The molecule has 6 nitrogen and oxygen atoms in total. The largest absolute Gasteiger partial charge is 0.381 e. The summed E-state index contributed by atoms with van der Waals surface area (Å²) < 4.78 is 12.2. The van der Waals surface area contributed by atoms with Gasteiger partial charge in [-0.05, 0) is 19.8 Å². The van der Waals surface area contributed by atoms with Crippen molar-refractivity contribution in [3.8, 4) is 0 Å². The highest BCUT2D eigenvalue weighted by Crippen LogP contribution is 2.26. The average molecular weight is 267 g/mol. The number of hydrogen-bond acceptors (Lipinski definition) is 4. The Morgan fingerprint density at radius 3 is 3.21 bits per heavy atom. The van der Waals surface area contributed by atoms with Gasteiger partial charge in [-0.2, -0.15) is 5.10 Å². The highest BCUT2D eigenvalue weighted by atomic mass is 16.5. The molecule has 1 aromatic heterocycles. The summed E-state index contributed by atoms with van der Waals surface area (Å²) in [6, 6.07) is 1.92. The number of anilines is 1. The minimum Gasteiger partial charge on any atom is -0.381 e. The highest BCUT2D eigenvalue weighted by Gasteiger charge is 2.20. The molecule has 0 spiro atoms. The number of nitrogens with zero attached hydrogens (tertiary/aromatic N) is 2. The van der Waals surface area contributed by atoms with Crippen molar-refractivity contribution in [2.45, 2.75) is 25.7 Å². The standard InChI is InChI=1S/C13H21N3O3/c1-3-18-9-13(17)14-12-7-11(15-16(12)2)10-5-4-6-19-8-10/h7,10H,3-6,8-9H2,1-2H3,(H,14,17). The van der Waals surface area contributed by atoms with Crippen molar-refractivity contribution >= 4 is 11.7 Å². The number of carbonyl (C=O) groups is 1. The van der Waals surface area contributed by atoms with E-state index in [2.05, 4.69) is 10.4 Å². The zero-order valence-corrected chi connectivity index (χ0v) is 11.5. The molecule has 1 aliphatic heterocycles. The van der Waals surface area contributed by atoms with Gasteiger partial charge in [0.15, 0.2) is 0 Å². The van der Waals surface area contributed by atoms with Crippen LogP contribution in [0.25, 0.3) is 0 Å². The maximum absolute atomic E-state index is 11.6. The summed E-state index contributed by atoms with van der Waals surface area (Å²) in [5, 5.41) is 7.25. The van der Waals surface area contributed by atoms with Crippen molar-refractivity contribution < 1.29 is 14.3 Å². The Kier molecular flexibility index (Phi) is 4.93. The Balaban J connectivity index is 1.97. The van der Waals surface area contributed by atoms with Crippen molar-refractivity contribution in [3.05, 3.63) is 11.8 Å². The lowest BCUT2D eigenvalue weighted by atomic mass is 9.99. The van der Waals surface area contributed by atoms with Crippen LogP contribution in [0.1, 0.15) is 31.4 Å². The molecule has 106 valence electrons. The molecule has 0 aromatic carbocycles. The average Bonchev–Trinajstić information content (AvgIpc) is 2.79. The van der Waals surface area contributed by atoms with Gasteiger partial charge in [-0.25, -0.2) is 0 Å². The molecule has 6 heteroatoms. The fourth-order valence-electron chi connectivity index (χ4n) is 2.15. The quantitative estimate of drug-likeness (QED) is 0.873. The van der Waals surface area contributed by atoms with Crippen molar-refractivity contribution in [1.29, 1.82) is 0 Å². The summed E-state index contributed by atoms with van der Waals surface area (Å²) in [5.41, 5.74) is 0.980. The van der Waals surface area contributed by atoms with E-state index >= 15 is 0 Å². The molecule has 0 aliphatic carbocycles. The Hall–Kier alpha value is -1.40. The molecule has 1 amide bonds. The molecule has 2 heterocycles. The second-order valence-corrected chi connectivity index (χ2v) is 4.68. The van der Waals surface area contributed by atoms with Crippen LogP contribution < -0.4 is 5.32 Å². The Labute approximate surface area is 113 Å². The fraction of sp³-hybridized carbons (Fsp3) is 0.692. The topological polar surface area (TPSA) is 65.4 Å². The Morgan fingerprint density at radius 1 is 1.68 bits per heavy atom. The minimum absolute atomic E-state index is 0.0730. The van der Waals surface area contributed by atoms with Crippen LogP contribution in [0.4, 0.5) is 5.82 Å². The van der Waals surface area contributed by atoms with E-state index in [0.717, 1.165) is 25.1 Å². The lowest BCUT2D eigenvalue weighted by Gasteiger charge is -2.19. The molecule has 1 aliphatic rings. The van der Waals surface area contributed by atoms with Crippen LogP contribution in [0.3, 0.4) is 0 Å². The molecule has 0 saturated carbocycles. The molecule has 0 bridgehead atoms. The lowest BCUT2D eigenvalue weighted by Crippen LogP contribution is -2.19. The lowest BCUT2D eigenvalue weighted by molar-refractivity contribution is -0.120. The number of ether oxygens (including phenoxy) is 2. The van der Waals surface area contributed by atoms with Gasteiger partial charge in [0.25, 0.3) is 5.91 Å². The molecule has 2 rings (SSSR count). The summed E-state index contributed by atoms with van der Waals surface area (Å²) in [6.45, 7) is 4.01. The molecule has 0 radical (unpaired) electrons. The predicted octanol–water partition coefficient (Wildman–Crippen LogP) is 1.29. The van der Waals surface area contributed by atoms with Gasteiger partial charge >= 0.3 is 0 Å². The van der Waals surface area contributed by atoms with Gasteiger partial charge < -0.3 is 14.8 Å². The van der Waals surface area contributed by atoms with Crippen molar-refractivity contribution in [3.63, 3.8) is 0 Å². The number of hydrogen-bond donors (Lipinski definition) is 1. The summed E-state index contributed by atoms with van der Waals surface area (Å²) in [5.74, 6) is 0.874. The zero-order valence-electron chi connectivity index (χ0n) is 11.5. The first kappa shape index (κ1) is 14.0. The van der Waals surface area contributed by atoms with E-state index in [0.29, 0.717) is 24.9 Å². The van der Waals surface area contributed by atoms with E-state index < -0.39 is 0 Å². The smallest absolute Gasteiger partial charge is 0.251 e. The van der Waals surface area contributed by atoms with Crippen LogP contribution >= 0.6 is 0 Å². The number of aromatic nitrogens is 2. The SMILES string of the molecule is CCOCC(=O)Nc1cc(C2CCCOC2)nn1C. The van der Waals surface area contributed by atoms with Crippen LogP contribution in [0.15, 0.2) is 6.07 Å². The Morgan fingerprint density at radius 2 is 2.53 bits per heavy atom. The third-order valence-corrected chi connectivity index (χ3v) is 3.18. The number of amides is 1. The van der Waals surface area contributed by atoms with Crippen LogP contribution in [-0.4, -0.2) is 42.1 Å². The first-order valence-electron chi connectivity index (χ1n) is 6.70. The van der Waals surface area contributed by atoms with Crippen LogP contribution in [0.5, 0.6) is 0 Å². The molecule has 1 fully saturated rings. The minimum atomic E-state index is -0.156. The first-order chi connectivity index (χ1) is 9.20. The summed E-state index contributed by atoms with van der Waals surface area (Å²) in [4.78, 5) is 11.6. The highest BCUT2D eigenvalue weighted by molar-refractivity contribution is 5.90. The molecule has 1 atom stereocenters. The van der Waals surface area contributed by atoms with Crippen molar-refractivity contribution in [2.24, 2.45) is 7.05 Å². The van der Waals surface area contributed by atoms with Gasteiger partial charge in [-0.3, -0.25) is 9.48 Å². The molecule has 1 unspecified atom stereocenters. The van der Waals surface area contributed by atoms with Gasteiger partial charge in [0.05, 0.1) is 12.3 Å². The predicted molar refractivity (Wildman–Crippen MR) is 71.1 cm³/mol. The van der Waals surface area contributed by atoms with Gasteiger partial charge in [0.2, 0.25) is 0 Å². The van der Waals surface area contributed by atoms with Crippen LogP contribution in [-0.2, 0) is 21.3 Å². The summed E-state index contributed by atoms with van der Waals surface area (Å²) in [7, 11) is 1.82. The number of aryl methyl sites for hydroxylation is 1. The third-order valence-electron chi connectivity index (χ3n) is 3.18. The normalized spacial score (nSPS) is 19.4. The second kappa shape index (κ2) is 6.68. The zero-order chi connectivity index (χ0) is 13.7. The van der Waals surface area contributed by atoms with Crippen LogP contribution in [0.2, 0.25) is 0 Å². The number of carbonyl (C=O) groups excluding carboxylic acids is 1. The van der Waals surface area contributed by atoms with Crippen LogP contribution in [0, 0.1) is 0 Å². The van der Waals surface area contributed by atoms with Crippen molar-refractivity contribution in [2.75, 3.05) is 31.7 Å². The van der Waals surface area contributed by atoms with E-state index in [1.54, 1.807) is 4.68 Å². The van der Waals surface area contributed by atoms with E-state index in [-0.39, 0.29) is 12.5 Å². The molecule has 1 aromatic rings. The fourth-order valence-corrected chi connectivity index (χ4v) is 2.15. The van der Waals surface area contributed by atoms with Gasteiger partial charge in [-0.15, -0.1) is 0 Å². The summed E-state index contributed by atoms with van der Waals surface area (Å²) >= 11 is 0. The molecular formula is C13H21N3O3. The van der Waals surface area contributed by atoms with Gasteiger partial charge in [0.1, 0.15) is 12.4 Å². The summed E-state index contributed by atoms with van der Waals surface area (Å²) in [6.07, 6.45) is 2.15. The first-order valence-corrected chi connectivity index (χ1v) is 6.70. The Bertz CT molecular complexity index is 425. The van der Waals surface area contributed by atoms with E-state index in [4.69, 9.17) is 9.47 Å². The van der Waals surface area contributed by atoms with Crippen molar-refractivity contribution in [1.82, 2.24) is 9.78 Å². The molecule has 1 saturated heterocycles.